The molecule has 0 aromatic heterocycles. The van der Waals surface area contributed by atoms with Gasteiger partial charge < -0.3 is 19.5 Å². The minimum absolute atomic E-state index is 0. The molecule has 0 saturated carbocycles. The minimum atomic E-state index is -3.57. The van der Waals surface area contributed by atoms with Crippen molar-refractivity contribution in [2.45, 2.75) is 25.2 Å². The van der Waals surface area contributed by atoms with E-state index in [1.807, 2.05) is 6.07 Å². The molecule has 1 aromatic carbocycles. The molecule has 3 heterocycles. The molecular weight excluding hydrogens is 389 g/mol. The van der Waals surface area contributed by atoms with Crippen LogP contribution in [0.4, 0.5) is 8.78 Å². The number of ether oxygens (including phenoxy) is 3. The van der Waals surface area contributed by atoms with Crippen LogP contribution in [0.2, 0.25) is 0 Å². The molecule has 1 atom stereocenters. The lowest BCUT2D eigenvalue weighted by Gasteiger charge is -2.41. The summed E-state index contributed by atoms with van der Waals surface area (Å²) in [6.45, 7) is 5.32. The summed E-state index contributed by atoms with van der Waals surface area (Å²) in [5.41, 5.74) is 1.02. The number of benzene rings is 1. The SMILES string of the molecule is Cl.Cl.FC1(F)Oc2ccc([C@H](C3CCOCC3)N3CCNCC3)cc2O1. The van der Waals surface area contributed by atoms with Crippen LogP contribution in [0.5, 0.6) is 11.5 Å². The lowest BCUT2D eigenvalue weighted by atomic mass is 9.85. The Kier molecular flexibility index (Phi) is 7.33. The maximum atomic E-state index is 13.3. The fourth-order valence-electron chi connectivity index (χ4n) is 3.92. The summed E-state index contributed by atoms with van der Waals surface area (Å²) in [5.74, 6) is 0.692. The zero-order valence-electron chi connectivity index (χ0n) is 14.3. The van der Waals surface area contributed by atoms with Gasteiger partial charge in [0.15, 0.2) is 11.5 Å². The number of alkyl halides is 2. The number of piperazine rings is 1. The third-order valence-corrected chi connectivity index (χ3v) is 5.02. The van der Waals surface area contributed by atoms with Gasteiger partial charge in [-0.2, -0.15) is 0 Å². The van der Waals surface area contributed by atoms with Gasteiger partial charge in [0, 0.05) is 45.4 Å². The molecule has 1 aromatic rings. The Labute approximate surface area is 164 Å². The van der Waals surface area contributed by atoms with Crippen molar-refractivity contribution >= 4 is 24.8 Å². The van der Waals surface area contributed by atoms with Crippen molar-refractivity contribution in [2.75, 3.05) is 39.4 Å². The van der Waals surface area contributed by atoms with Gasteiger partial charge >= 0.3 is 6.29 Å². The normalized spacial score (nSPS) is 23.6. The van der Waals surface area contributed by atoms with Crippen molar-refractivity contribution in [1.29, 1.82) is 0 Å². The van der Waals surface area contributed by atoms with Crippen LogP contribution in [0.15, 0.2) is 18.2 Å². The largest absolute Gasteiger partial charge is 0.586 e. The van der Waals surface area contributed by atoms with Crippen LogP contribution in [-0.4, -0.2) is 50.6 Å². The van der Waals surface area contributed by atoms with Crippen LogP contribution in [0.25, 0.3) is 0 Å². The minimum Gasteiger partial charge on any atom is -0.395 e. The van der Waals surface area contributed by atoms with Gasteiger partial charge in [0.05, 0.1) is 0 Å². The van der Waals surface area contributed by atoms with E-state index in [1.165, 1.54) is 0 Å². The summed E-state index contributed by atoms with van der Waals surface area (Å²) in [7, 11) is 0. The third kappa shape index (κ3) is 4.51. The number of halogens is 4. The highest BCUT2D eigenvalue weighted by atomic mass is 35.5. The highest BCUT2D eigenvalue weighted by Crippen LogP contribution is 2.44. The average molecular weight is 413 g/mol. The van der Waals surface area contributed by atoms with Gasteiger partial charge in [0.1, 0.15) is 0 Å². The second-order valence-corrected chi connectivity index (χ2v) is 6.55. The summed E-state index contributed by atoms with van der Waals surface area (Å²) < 4.78 is 41.3. The molecule has 5 nitrogen and oxygen atoms in total. The zero-order chi connectivity index (χ0) is 16.6. The molecule has 3 aliphatic rings. The molecule has 2 fully saturated rings. The monoisotopic (exact) mass is 412 g/mol. The number of nitrogens with one attached hydrogen (secondary N) is 1. The first-order chi connectivity index (χ1) is 11.6. The van der Waals surface area contributed by atoms with Crippen molar-refractivity contribution < 1.29 is 23.0 Å². The molecule has 0 aliphatic carbocycles. The molecule has 1 N–H and O–H groups in total. The van der Waals surface area contributed by atoms with Crippen LogP contribution in [0.1, 0.15) is 24.4 Å². The van der Waals surface area contributed by atoms with Crippen LogP contribution in [0, 0.1) is 5.92 Å². The molecule has 3 aliphatic heterocycles. The Morgan fingerprint density at radius 3 is 2.38 bits per heavy atom. The molecular formula is C17H24Cl2F2N2O3. The molecule has 26 heavy (non-hydrogen) atoms. The second kappa shape index (κ2) is 8.89. The summed E-state index contributed by atoms with van der Waals surface area (Å²) >= 11 is 0. The number of hydrogen-bond acceptors (Lipinski definition) is 5. The first-order valence-corrected chi connectivity index (χ1v) is 8.55. The zero-order valence-corrected chi connectivity index (χ0v) is 15.9. The highest BCUT2D eigenvalue weighted by Gasteiger charge is 2.44. The smallest absolute Gasteiger partial charge is 0.395 e. The van der Waals surface area contributed by atoms with Gasteiger partial charge in [-0.05, 0) is 36.5 Å². The maximum absolute atomic E-state index is 13.3. The fraction of sp³-hybridized carbons (Fsp3) is 0.647. The van der Waals surface area contributed by atoms with Gasteiger partial charge in [-0.1, -0.05) is 6.07 Å². The quantitative estimate of drug-likeness (QED) is 0.825. The van der Waals surface area contributed by atoms with Gasteiger partial charge in [0.25, 0.3) is 0 Å². The Hall–Kier alpha value is -0.860. The molecule has 4 rings (SSSR count). The number of hydrogen-bond donors (Lipinski definition) is 1. The van der Waals surface area contributed by atoms with Crippen molar-refractivity contribution in [1.82, 2.24) is 10.2 Å². The number of nitrogens with zero attached hydrogens (tertiary/aromatic N) is 1. The Balaban J connectivity index is 0.00000121. The van der Waals surface area contributed by atoms with Gasteiger partial charge in [-0.15, -0.1) is 33.6 Å². The lowest BCUT2D eigenvalue weighted by Crippen LogP contribution is -2.47. The predicted octanol–water partition coefficient (Wildman–Crippen LogP) is 3.22. The fourth-order valence-corrected chi connectivity index (χ4v) is 3.92. The van der Waals surface area contributed by atoms with Crippen LogP contribution < -0.4 is 14.8 Å². The summed E-state index contributed by atoms with van der Waals surface area (Å²) in [6.07, 6.45) is -1.59. The van der Waals surface area contributed by atoms with E-state index in [0.29, 0.717) is 5.92 Å². The van der Waals surface area contributed by atoms with E-state index in [4.69, 9.17) is 4.74 Å². The molecule has 2 saturated heterocycles. The molecule has 0 bridgehead atoms. The highest BCUT2D eigenvalue weighted by molar-refractivity contribution is 5.85. The molecule has 0 unspecified atom stereocenters. The van der Waals surface area contributed by atoms with E-state index in [1.54, 1.807) is 12.1 Å². The van der Waals surface area contributed by atoms with Crippen molar-refractivity contribution in [3.05, 3.63) is 23.8 Å². The number of fused-ring (bicyclic) bond motifs is 1. The second-order valence-electron chi connectivity index (χ2n) is 6.55. The van der Waals surface area contributed by atoms with E-state index in [0.717, 1.165) is 57.8 Å². The van der Waals surface area contributed by atoms with E-state index in [-0.39, 0.29) is 42.4 Å². The summed E-state index contributed by atoms with van der Waals surface area (Å²) in [5, 5.41) is 3.37. The Morgan fingerprint density at radius 1 is 1.04 bits per heavy atom. The molecule has 0 spiro atoms. The first-order valence-electron chi connectivity index (χ1n) is 8.55. The third-order valence-electron chi connectivity index (χ3n) is 5.02. The topological polar surface area (TPSA) is 43.0 Å². The van der Waals surface area contributed by atoms with Crippen molar-refractivity contribution in [2.24, 2.45) is 5.92 Å². The molecule has 0 amide bonds. The van der Waals surface area contributed by atoms with Crippen LogP contribution >= 0.6 is 24.8 Å². The lowest BCUT2D eigenvalue weighted by molar-refractivity contribution is -0.286. The van der Waals surface area contributed by atoms with Crippen LogP contribution in [-0.2, 0) is 4.74 Å². The van der Waals surface area contributed by atoms with Crippen molar-refractivity contribution in [3.63, 3.8) is 0 Å². The Morgan fingerprint density at radius 2 is 1.69 bits per heavy atom. The number of rotatable bonds is 3. The van der Waals surface area contributed by atoms with Gasteiger partial charge in [-0.3, -0.25) is 4.90 Å². The van der Waals surface area contributed by atoms with Gasteiger partial charge in [-0.25, -0.2) is 0 Å². The maximum Gasteiger partial charge on any atom is 0.586 e. The molecule has 148 valence electrons. The van der Waals surface area contributed by atoms with E-state index in [9.17, 15) is 8.78 Å². The van der Waals surface area contributed by atoms with Crippen LogP contribution in [0.3, 0.4) is 0 Å². The standard InChI is InChI=1S/C17H22F2N2O3.2ClH/c18-17(19)23-14-2-1-13(11-15(14)24-17)16(12-3-9-22-10-4-12)21-7-5-20-6-8-21;;/h1-2,11-12,16,20H,3-10H2;2*1H/t16-;;/m0../s1. The van der Waals surface area contributed by atoms with Crippen molar-refractivity contribution in [3.8, 4) is 11.5 Å². The average Bonchev–Trinajstić information content (AvgIpc) is 2.90. The molecule has 0 radical (unpaired) electrons. The first kappa shape index (κ1) is 21.4. The van der Waals surface area contributed by atoms with Gasteiger partial charge in [0.2, 0.25) is 0 Å². The molecule has 9 heteroatoms. The summed E-state index contributed by atoms with van der Waals surface area (Å²) in [6, 6.07) is 5.41. The van der Waals surface area contributed by atoms with E-state index < -0.39 is 6.29 Å². The van der Waals surface area contributed by atoms with E-state index >= 15 is 0 Å². The summed E-state index contributed by atoms with van der Waals surface area (Å²) in [4.78, 5) is 2.45. The van der Waals surface area contributed by atoms with E-state index in [2.05, 4.69) is 19.7 Å². The Bertz CT molecular complexity index is 579. The predicted molar refractivity (Wildman–Crippen MR) is 97.9 cm³/mol.